The van der Waals surface area contributed by atoms with E-state index in [0.717, 1.165) is 0 Å². The molecule has 152 valence electrons. The Morgan fingerprint density at radius 2 is 1.24 bits per heavy atom. The highest BCUT2D eigenvalue weighted by atomic mass is 28.4. The van der Waals surface area contributed by atoms with Crippen molar-refractivity contribution >= 4 is 8.80 Å². The first-order chi connectivity index (χ1) is 12.1. The molecular weight excluding hydrogens is 352 g/mol. The molecule has 10 heteroatoms. The Balaban J connectivity index is 4.53. The van der Waals surface area contributed by atoms with Crippen LogP contribution in [0.1, 0.15) is 6.42 Å². The van der Waals surface area contributed by atoms with Gasteiger partial charge in [-0.2, -0.15) is 0 Å². The molecule has 0 aliphatic carbocycles. The number of rotatable bonds is 19. The minimum absolute atomic E-state index is 0.0879. The number of methoxy groups -OCH3 is 3. The van der Waals surface area contributed by atoms with E-state index in [2.05, 4.69) is 0 Å². The Labute approximate surface area is 151 Å². The third kappa shape index (κ3) is 13.7. The molecule has 0 rings (SSSR count). The van der Waals surface area contributed by atoms with Gasteiger partial charge in [-0.3, -0.25) is 0 Å². The monoisotopic (exact) mass is 386 g/mol. The predicted molar refractivity (Wildman–Crippen MR) is 92.6 cm³/mol. The molecule has 0 aliphatic rings. The molecular formula is C15H34O9Si. The van der Waals surface area contributed by atoms with E-state index in [1.54, 1.807) is 21.3 Å². The summed E-state index contributed by atoms with van der Waals surface area (Å²) in [6.07, 6.45) is -0.229. The van der Waals surface area contributed by atoms with Crippen LogP contribution in [0.15, 0.2) is 0 Å². The molecule has 0 bridgehead atoms. The van der Waals surface area contributed by atoms with Crippen LogP contribution in [0.5, 0.6) is 0 Å². The summed E-state index contributed by atoms with van der Waals surface area (Å²) in [5.41, 5.74) is 0. The van der Waals surface area contributed by atoms with Gasteiger partial charge in [0.15, 0.2) is 0 Å². The largest absolute Gasteiger partial charge is 0.501 e. The zero-order valence-electron chi connectivity index (χ0n) is 15.6. The molecule has 0 heterocycles. The molecule has 9 nitrogen and oxygen atoms in total. The standard InChI is InChI=1S/C15H34O9Si/c1-18-6-9-22-25(23-10-7-19-2,24-11-8-20-3)12-4-5-21-14-15(17)13-16/h15-17H,4-14H2,1-3H3. The van der Waals surface area contributed by atoms with Crippen molar-refractivity contribution < 1.29 is 42.4 Å². The minimum atomic E-state index is -2.92. The lowest BCUT2D eigenvalue weighted by molar-refractivity contribution is 0.0000579. The summed E-state index contributed by atoms with van der Waals surface area (Å²) in [6.45, 7) is 2.59. The van der Waals surface area contributed by atoms with E-state index in [0.29, 0.717) is 58.7 Å². The first kappa shape index (κ1) is 24.9. The van der Waals surface area contributed by atoms with Crippen molar-refractivity contribution in [3.8, 4) is 0 Å². The third-order valence-electron chi connectivity index (χ3n) is 3.12. The van der Waals surface area contributed by atoms with Crippen LogP contribution in [0.25, 0.3) is 0 Å². The van der Waals surface area contributed by atoms with Gasteiger partial charge in [0.2, 0.25) is 0 Å². The molecule has 0 amide bonds. The molecule has 2 N–H and O–H groups in total. The van der Waals surface area contributed by atoms with Crippen molar-refractivity contribution in [1.29, 1.82) is 0 Å². The second-order valence-electron chi connectivity index (χ2n) is 5.22. The summed E-state index contributed by atoms with van der Waals surface area (Å²) in [4.78, 5) is 0. The maximum atomic E-state index is 9.26. The van der Waals surface area contributed by atoms with E-state index in [1.807, 2.05) is 0 Å². The lowest BCUT2D eigenvalue weighted by Crippen LogP contribution is -2.48. The summed E-state index contributed by atoms with van der Waals surface area (Å²) in [6, 6.07) is 0.555. The SMILES string of the molecule is COCCO[Si](CCCOCC(O)CO)(OCCOC)OCCOC. The zero-order chi connectivity index (χ0) is 18.8. The van der Waals surface area contributed by atoms with Gasteiger partial charge < -0.3 is 42.4 Å². The van der Waals surface area contributed by atoms with Crippen molar-refractivity contribution in [2.24, 2.45) is 0 Å². The quantitative estimate of drug-likeness (QED) is 0.228. The molecule has 1 atom stereocenters. The number of aliphatic hydroxyl groups excluding tert-OH is 2. The van der Waals surface area contributed by atoms with E-state index in [4.69, 9.17) is 37.3 Å². The number of hydrogen-bond acceptors (Lipinski definition) is 9. The van der Waals surface area contributed by atoms with Gasteiger partial charge in [-0.25, -0.2) is 0 Å². The van der Waals surface area contributed by atoms with Crippen LogP contribution in [0.2, 0.25) is 6.04 Å². The fourth-order valence-corrected chi connectivity index (χ4v) is 4.29. The van der Waals surface area contributed by atoms with Crippen molar-refractivity contribution in [3.63, 3.8) is 0 Å². The minimum Gasteiger partial charge on any atom is -0.394 e. The fourth-order valence-electron chi connectivity index (χ4n) is 1.85. The molecule has 0 aromatic carbocycles. The van der Waals surface area contributed by atoms with Crippen LogP contribution >= 0.6 is 0 Å². The summed E-state index contributed by atoms with van der Waals surface area (Å²) in [7, 11) is 1.88. The van der Waals surface area contributed by atoms with Crippen molar-refractivity contribution in [2.45, 2.75) is 18.6 Å². The summed E-state index contributed by atoms with van der Waals surface area (Å²) < 4.78 is 38.2. The highest BCUT2D eigenvalue weighted by Gasteiger charge is 2.40. The van der Waals surface area contributed by atoms with Gasteiger partial charge in [0.25, 0.3) is 0 Å². The third-order valence-corrected chi connectivity index (χ3v) is 6.02. The first-order valence-electron chi connectivity index (χ1n) is 8.39. The second-order valence-corrected chi connectivity index (χ2v) is 7.95. The first-order valence-corrected chi connectivity index (χ1v) is 10.3. The Morgan fingerprint density at radius 3 is 1.64 bits per heavy atom. The molecule has 0 spiro atoms. The molecule has 0 fully saturated rings. The summed E-state index contributed by atoms with van der Waals surface area (Å²) in [5.74, 6) is 0. The second kappa shape index (κ2) is 17.3. The molecule has 0 saturated carbocycles. The molecule has 1 unspecified atom stereocenters. The number of ether oxygens (including phenoxy) is 4. The van der Waals surface area contributed by atoms with E-state index >= 15 is 0 Å². The Kier molecular flexibility index (Phi) is 17.2. The molecule has 0 radical (unpaired) electrons. The topological polar surface area (TPSA) is 105 Å². The molecule has 0 aromatic heterocycles. The maximum Gasteiger partial charge on any atom is 0.501 e. The molecule has 0 aliphatic heterocycles. The Hall–Kier alpha value is -0.143. The van der Waals surface area contributed by atoms with Crippen molar-refractivity contribution in [3.05, 3.63) is 0 Å². The highest BCUT2D eigenvalue weighted by Crippen LogP contribution is 2.18. The maximum absolute atomic E-state index is 9.26. The molecule has 0 saturated heterocycles. The van der Waals surface area contributed by atoms with E-state index in [-0.39, 0.29) is 13.2 Å². The van der Waals surface area contributed by atoms with Crippen LogP contribution in [-0.4, -0.2) is 106 Å². The summed E-state index contributed by atoms with van der Waals surface area (Å²) >= 11 is 0. The lowest BCUT2D eigenvalue weighted by Gasteiger charge is -2.29. The van der Waals surface area contributed by atoms with Crippen LogP contribution in [0, 0.1) is 0 Å². The molecule has 25 heavy (non-hydrogen) atoms. The zero-order valence-corrected chi connectivity index (χ0v) is 16.6. The summed E-state index contributed by atoms with van der Waals surface area (Å²) in [5, 5.41) is 18.0. The number of aliphatic hydroxyl groups is 2. The molecule has 0 aromatic rings. The Bertz CT molecular complexity index is 257. The fraction of sp³-hybridized carbons (Fsp3) is 1.00. The van der Waals surface area contributed by atoms with Crippen LogP contribution < -0.4 is 0 Å². The van der Waals surface area contributed by atoms with Gasteiger partial charge in [0.1, 0.15) is 6.10 Å². The normalized spacial score (nSPS) is 13.3. The average molecular weight is 387 g/mol. The van der Waals surface area contributed by atoms with Crippen LogP contribution in [0.4, 0.5) is 0 Å². The smallest absolute Gasteiger partial charge is 0.394 e. The van der Waals surface area contributed by atoms with Crippen molar-refractivity contribution in [1.82, 2.24) is 0 Å². The van der Waals surface area contributed by atoms with Crippen LogP contribution in [-0.2, 0) is 32.2 Å². The van der Waals surface area contributed by atoms with E-state index in [9.17, 15) is 5.11 Å². The Morgan fingerprint density at radius 1 is 0.760 bits per heavy atom. The van der Waals surface area contributed by atoms with Gasteiger partial charge in [-0.15, -0.1) is 0 Å². The van der Waals surface area contributed by atoms with Gasteiger partial charge in [0, 0.05) is 34.0 Å². The van der Waals surface area contributed by atoms with Gasteiger partial charge in [0.05, 0.1) is 52.9 Å². The van der Waals surface area contributed by atoms with Gasteiger partial charge in [-0.05, 0) is 6.42 Å². The average Bonchev–Trinajstić information content (AvgIpc) is 2.61. The van der Waals surface area contributed by atoms with E-state index in [1.165, 1.54) is 0 Å². The van der Waals surface area contributed by atoms with Gasteiger partial charge in [-0.1, -0.05) is 0 Å². The van der Waals surface area contributed by atoms with Crippen molar-refractivity contribution in [2.75, 3.05) is 80.8 Å². The van der Waals surface area contributed by atoms with E-state index < -0.39 is 14.9 Å². The lowest BCUT2D eigenvalue weighted by atomic mass is 10.4. The predicted octanol–water partition coefficient (Wildman–Crippen LogP) is -0.326. The number of hydrogen-bond donors (Lipinski definition) is 2. The van der Waals surface area contributed by atoms with Crippen LogP contribution in [0.3, 0.4) is 0 Å². The van der Waals surface area contributed by atoms with Gasteiger partial charge >= 0.3 is 8.80 Å². The highest BCUT2D eigenvalue weighted by molar-refractivity contribution is 6.60.